The first-order valence-corrected chi connectivity index (χ1v) is 4.51. The molecule has 0 fully saturated rings. The van der Waals surface area contributed by atoms with Crippen molar-refractivity contribution in [1.29, 1.82) is 0 Å². The topological polar surface area (TPSA) is 21.6 Å². The predicted molar refractivity (Wildman–Crippen MR) is 49.1 cm³/mol. The largest absolute Gasteiger partial charge is 0.484 e. The maximum absolute atomic E-state index is 5.07. The van der Waals surface area contributed by atoms with Crippen molar-refractivity contribution in [3.05, 3.63) is 0 Å². The van der Waals surface area contributed by atoms with Gasteiger partial charge in [0.15, 0.2) is 6.40 Å². The summed E-state index contributed by atoms with van der Waals surface area (Å²) in [6.07, 6.45) is 6.35. The molecule has 0 saturated heterocycles. The lowest BCUT2D eigenvalue weighted by Gasteiger charge is -1.95. The van der Waals surface area contributed by atoms with E-state index in [2.05, 4.69) is 18.8 Å². The highest BCUT2D eigenvalue weighted by Crippen LogP contribution is 1.92. The number of nitrogens with zero attached hydrogens (tertiary/aromatic N) is 1. The number of hydrogen-bond acceptors (Lipinski definition) is 2. The minimum absolute atomic E-state index is 0.789. The molecule has 0 aromatic carbocycles. The van der Waals surface area contributed by atoms with Crippen LogP contribution < -0.4 is 0 Å². The molecular weight excluding hydrogens is 138 g/mol. The molecule has 0 heterocycles. The Morgan fingerprint density at radius 3 is 2.64 bits per heavy atom. The lowest BCUT2D eigenvalue weighted by Crippen LogP contribution is -1.90. The number of rotatable bonds is 7. The Morgan fingerprint density at radius 2 is 2.00 bits per heavy atom. The van der Waals surface area contributed by atoms with Crippen LogP contribution in [0.15, 0.2) is 4.99 Å². The molecule has 0 radical (unpaired) electrons. The molecule has 0 bridgehead atoms. The van der Waals surface area contributed by atoms with Gasteiger partial charge in [-0.3, -0.25) is 4.99 Å². The third-order valence-electron chi connectivity index (χ3n) is 1.36. The van der Waals surface area contributed by atoms with E-state index in [9.17, 15) is 0 Å². The van der Waals surface area contributed by atoms with Crippen LogP contribution >= 0.6 is 0 Å². The average molecular weight is 157 g/mol. The summed E-state index contributed by atoms with van der Waals surface area (Å²) in [6, 6.07) is 0. The van der Waals surface area contributed by atoms with Gasteiger partial charge in [0.25, 0.3) is 0 Å². The van der Waals surface area contributed by atoms with Crippen molar-refractivity contribution in [3.63, 3.8) is 0 Å². The third-order valence-corrected chi connectivity index (χ3v) is 1.36. The molecule has 0 aliphatic rings. The van der Waals surface area contributed by atoms with E-state index in [1.165, 1.54) is 19.3 Å². The van der Waals surface area contributed by atoms with E-state index >= 15 is 0 Å². The molecule has 0 N–H and O–H groups in total. The second kappa shape index (κ2) is 9.47. The molecule has 0 aliphatic heterocycles. The highest BCUT2D eigenvalue weighted by atomic mass is 16.5. The first-order chi connectivity index (χ1) is 5.41. The fourth-order valence-corrected chi connectivity index (χ4v) is 0.729. The van der Waals surface area contributed by atoms with Gasteiger partial charge in [0, 0.05) is 6.54 Å². The van der Waals surface area contributed by atoms with Crippen LogP contribution in [-0.2, 0) is 4.74 Å². The maximum Gasteiger partial charge on any atom is 0.169 e. The van der Waals surface area contributed by atoms with Crippen LogP contribution in [-0.4, -0.2) is 19.6 Å². The number of aliphatic imine (C=N–C) groups is 1. The van der Waals surface area contributed by atoms with Crippen molar-refractivity contribution in [2.75, 3.05) is 13.2 Å². The van der Waals surface area contributed by atoms with E-state index in [1.54, 1.807) is 6.40 Å². The molecule has 2 nitrogen and oxygen atoms in total. The number of hydrogen-bond donors (Lipinski definition) is 0. The van der Waals surface area contributed by atoms with Gasteiger partial charge in [-0.15, -0.1) is 0 Å². The number of ether oxygens (including phenoxy) is 1. The van der Waals surface area contributed by atoms with Gasteiger partial charge in [0.1, 0.15) is 0 Å². The quantitative estimate of drug-likeness (QED) is 0.316. The molecule has 11 heavy (non-hydrogen) atoms. The van der Waals surface area contributed by atoms with E-state index in [-0.39, 0.29) is 0 Å². The fourth-order valence-electron chi connectivity index (χ4n) is 0.729. The van der Waals surface area contributed by atoms with Crippen LogP contribution in [0.5, 0.6) is 0 Å². The molecule has 0 unspecified atom stereocenters. The Balaban J connectivity index is 2.91. The lowest BCUT2D eigenvalue weighted by atomic mass is 10.3. The Hall–Kier alpha value is -0.530. The van der Waals surface area contributed by atoms with Gasteiger partial charge < -0.3 is 4.74 Å². The zero-order valence-electron chi connectivity index (χ0n) is 7.68. The Kier molecular flexibility index (Phi) is 9.01. The van der Waals surface area contributed by atoms with Gasteiger partial charge in [-0.25, -0.2) is 0 Å². The molecule has 0 saturated carbocycles. The van der Waals surface area contributed by atoms with Crippen LogP contribution in [0.4, 0.5) is 0 Å². The van der Waals surface area contributed by atoms with Gasteiger partial charge in [-0.05, 0) is 12.8 Å². The molecule has 0 amide bonds. The molecule has 0 aromatic rings. The second-order valence-corrected chi connectivity index (χ2v) is 2.59. The predicted octanol–water partition coefficient (Wildman–Crippen LogP) is 2.63. The van der Waals surface area contributed by atoms with Gasteiger partial charge >= 0.3 is 0 Å². The molecule has 0 spiro atoms. The zero-order chi connectivity index (χ0) is 8.36. The van der Waals surface area contributed by atoms with Crippen molar-refractivity contribution in [1.82, 2.24) is 0 Å². The third kappa shape index (κ3) is 9.47. The minimum atomic E-state index is 0.789. The number of unbranched alkanes of at least 4 members (excludes halogenated alkanes) is 2. The maximum atomic E-state index is 5.07. The van der Waals surface area contributed by atoms with Crippen molar-refractivity contribution in [3.8, 4) is 0 Å². The first kappa shape index (κ1) is 10.5. The monoisotopic (exact) mass is 157 g/mol. The van der Waals surface area contributed by atoms with Crippen molar-refractivity contribution >= 4 is 6.40 Å². The molecule has 66 valence electrons. The molecular formula is C9H19NO. The van der Waals surface area contributed by atoms with E-state index < -0.39 is 0 Å². The Morgan fingerprint density at radius 1 is 1.18 bits per heavy atom. The van der Waals surface area contributed by atoms with Crippen LogP contribution in [0.3, 0.4) is 0 Å². The van der Waals surface area contributed by atoms with Crippen molar-refractivity contribution < 1.29 is 4.74 Å². The van der Waals surface area contributed by atoms with E-state index in [4.69, 9.17) is 4.74 Å². The highest BCUT2D eigenvalue weighted by molar-refractivity contribution is 5.45. The summed E-state index contributed by atoms with van der Waals surface area (Å²) >= 11 is 0. The molecule has 0 aliphatic carbocycles. The Labute approximate surface area is 69.7 Å². The summed E-state index contributed by atoms with van der Waals surface area (Å²) in [6.45, 7) is 5.98. The standard InChI is InChI=1S/C9H19NO/c1-3-5-6-7-10-9-11-8-4-2/h9H,3-8H2,1-2H3. The van der Waals surface area contributed by atoms with Crippen LogP contribution in [0.25, 0.3) is 0 Å². The summed E-state index contributed by atoms with van der Waals surface area (Å²) in [5, 5.41) is 0. The van der Waals surface area contributed by atoms with Gasteiger partial charge in [0.2, 0.25) is 0 Å². The summed E-state index contributed by atoms with van der Waals surface area (Å²) in [5.41, 5.74) is 0. The van der Waals surface area contributed by atoms with Crippen LogP contribution in [0.2, 0.25) is 0 Å². The summed E-state index contributed by atoms with van der Waals surface area (Å²) < 4.78 is 5.07. The van der Waals surface area contributed by atoms with E-state index in [0.29, 0.717) is 0 Å². The molecule has 0 atom stereocenters. The van der Waals surface area contributed by atoms with E-state index in [0.717, 1.165) is 19.6 Å². The molecule has 0 rings (SSSR count). The fraction of sp³-hybridized carbons (Fsp3) is 0.889. The SMILES string of the molecule is CCCCCN=COCCC. The van der Waals surface area contributed by atoms with Crippen LogP contribution in [0.1, 0.15) is 39.5 Å². The minimum Gasteiger partial charge on any atom is -0.484 e. The van der Waals surface area contributed by atoms with E-state index in [1.807, 2.05) is 0 Å². The molecule has 0 aromatic heterocycles. The summed E-state index contributed by atoms with van der Waals surface area (Å²) in [4.78, 5) is 4.10. The summed E-state index contributed by atoms with van der Waals surface area (Å²) in [7, 11) is 0. The van der Waals surface area contributed by atoms with Gasteiger partial charge in [-0.2, -0.15) is 0 Å². The van der Waals surface area contributed by atoms with Gasteiger partial charge in [-0.1, -0.05) is 26.7 Å². The van der Waals surface area contributed by atoms with Crippen LogP contribution in [0, 0.1) is 0 Å². The highest BCUT2D eigenvalue weighted by Gasteiger charge is 1.81. The van der Waals surface area contributed by atoms with Gasteiger partial charge in [0.05, 0.1) is 6.61 Å². The molecule has 2 heteroatoms. The lowest BCUT2D eigenvalue weighted by molar-refractivity contribution is 0.318. The zero-order valence-corrected chi connectivity index (χ0v) is 7.68. The second-order valence-electron chi connectivity index (χ2n) is 2.59. The van der Waals surface area contributed by atoms with Crippen molar-refractivity contribution in [2.24, 2.45) is 4.99 Å². The summed E-state index contributed by atoms with van der Waals surface area (Å²) in [5.74, 6) is 0. The smallest absolute Gasteiger partial charge is 0.169 e. The van der Waals surface area contributed by atoms with Crippen molar-refractivity contribution in [2.45, 2.75) is 39.5 Å². The Bertz CT molecular complexity index is 91.6. The first-order valence-electron chi connectivity index (χ1n) is 4.51. The normalized spacial score (nSPS) is 10.7. The average Bonchev–Trinajstić information content (AvgIpc) is 2.03.